The zero-order chi connectivity index (χ0) is 8.41. The van der Waals surface area contributed by atoms with Gasteiger partial charge in [0.1, 0.15) is 0 Å². The van der Waals surface area contributed by atoms with Crippen molar-refractivity contribution in [2.75, 3.05) is 14.1 Å². The Morgan fingerprint density at radius 3 is 1.10 bits per heavy atom. The standard InChI is InChI=1S/C4H8F4N2/c1-9-3(5,6)4(7,8)10-2/h9-10H,1-2H3. The normalized spacial score (nSPS) is 13.8. The van der Waals surface area contributed by atoms with Gasteiger partial charge >= 0.3 is 12.1 Å². The first-order valence-electron chi connectivity index (χ1n) is 2.51. The molecule has 0 aliphatic heterocycles. The van der Waals surface area contributed by atoms with Gasteiger partial charge in [0.15, 0.2) is 0 Å². The smallest absolute Gasteiger partial charge is 0.255 e. The summed E-state index contributed by atoms with van der Waals surface area (Å²) in [4.78, 5) is 0. The van der Waals surface area contributed by atoms with Gasteiger partial charge in [0.2, 0.25) is 0 Å². The summed E-state index contributed by atoms with van der Waals surface area (Å²) >= 11 is 0. The van der Waals surface area contributed by atoms with Crippen LogP contribution < -0.4 is 10.6 Å². The molecule has 0 saturated carbocycles. The van der Waals surface area contributed by atoms with E-state index >= 15 is 0 Å². The molecule has 0 atom stereocenters. The number of alkyl halides is 4. The van der Waals surface area contributed by atoms with Crippen molar-refractivity contribution in [1.29, 1.82) is 0 Å². The van der Waals surface area contributed by atoms with E-state index < -0.39 is 12.1 Å². The second kappa shape index (κ2) is 2.71. The molecule has 0 fully saturated rings. The molecule has 0 unspecified atom stereocenters. The maximum atomic E-state index is 12.0. The molecule has 0 aromatic carbocycles. The van der Waals surface area contributed by atoms with E-state index in [2.05, 4.69) is 0 Å². The second-order valence-electron chi connectivity index (χ2n) is 1.65. The number of hydrogen-bond donors (Lipinski definition) is 2. The Balaban J connectivity index is 4.28. The van der Waals surface area contributed by atoms with E-state index in [9.17, 15) is 17.6 Å². The maximum Gasteiger partial charge on any atom is 0.379 e. The van der Waals surface area contributed by atoms with Gasteiger partial charge in [0.25, 0.3) is 0 Å². The minimum absolute atomic E-state index is 0.755. The van der Waals surface area contributed by atoms with Crippen LogP contribution in [0.5, 0.6) is 0 Å². The molecular weight excluding hydrogens is 152 g/mol. The van der Waals surface area contributed by atoms with Crippen molar-refractivity contribution in [2.24, 2.45) is 0 Å². The Labute approximate surface area is 55.6 Å². The number of likely N-dealkylation sites (N-methyl/N-ethyl adjacent to an activating group) is 2. The minimum Gasteiger partial charge on any atom is -0.255 e. The van der Waals surface area contributed by atoms with Gasteiger partial charge < -0.3 is 0 Å². The lowest BCUT2D eigenvalue weighted by Crippen LogP contribution is -2.57. The van der Waals surface area contributed by atoms with Crippen LogP contribution in [0.25, 0.3) is 0 Å². The highest BCUT2D eigenvalue weighted by molar-refractivity contribution is 4.76. The first kappa shape index (κ1) is 9.64. The maximum absolute atomic E-state index is 12.0. The summed E-state index contributed by atoms with van der Waals surface area (Å²) in [6, 6.07) is -8.41. The quantitative estimate of drug-likeness (QED) is 0.467. The summed E-state index contributed by atoms with van der Waals surface area (Å²) in [6.07, 6.45) is 0. The first-order chi connectivity index (χ1) is 4.37. The van der Waals surface area contributed by atoms with Crippen molar-refractivity contribution in [2.45, 2.75) is 12.1 Å². The van der Waals surface area contributed by atoms with Crippen LogP contribution in [0.3, 0.4) is 0 Å². The van der Waals surface area contributed by atoms with Crippen LogP contribution in [0.2, 0.25) is 0 Å². The lowest BCUT2D eigenvalue weighted by atomic mass is 10.4. The summed E-state index contributed by atoms with van der Waals surface area (Å²) in [6.45, 7) is 0. The molecule has 0 heterocycles. The van der Waals surface area contributed by atoms with Crippen molar-refractivity contribution >= 4 is 0 Å². The Morgan fingerprint density at radius 2 is 1.00 bits per heavy atom. The average Bonchev–Trinajstić information content (AvgIpc) is 1.88. The van der Waals surface area contributed by atoms with E-state index in [4.69, 9.17) is 0 Å². The largest absolute Gasteiger partial charge is 0.379 e. The molecule has 2 N–H and O–H groups in total. The van der Waals surface area contributed by atoms with Gasteiger partial charge in [-0.3, -0.25) is 10.6 Å². The third kappa shape index (κ3) is 1.57. The molecule has 0 aromatic heterocycles. The van der Waals surface area contributed by atoms with Gasteiger partial charge in [0, 0.05) is 0 Å². The van der Waals surface area contributed by atoms with E-state index in [0.29, 0.717) is 0 Å². The van der Waals surface area contributed by atoms with E-state index in [1.54, 1.807) is 0 Å². The van der Waals surface area contributed by atoms with Crippen LogP contribution in [0.15, 0.2) is 0 Å². The zero-order valence-corrected chi connectivity index (χ0v) is 5.51. The van der Waals surface area contributed by atoms with Gasteiger partial charge in [-0.25, -0.2) is 0 Å². The van der Waals surface area contributed by atoms with Crippen LogP contribution in [0.1, 0.15) is 0 Å². The molecule has 0 spiro atoms. The van der Waals surface area contributed by atoms with Crippen molar-refractivity contribution in [3.63, 3.8) is 0 Å². The van der Waals surface area contributed by atoms with Gasteiger partial charge in [-0.05, 0) is 14.1 Å². The third-order valence-electron chi connectivity index (χ3n) is 1.02. The molecule has 0 rings (SSSR count). The van der Waals surface area contributed by atoms with Crippen LogP contribution in [0.4, 0.5) is 17.6 Å². The van der Waals surface area contributed by atoms with Crippen molar-refractivity contribution in [3.8, 4) is 0 Å². The summed E-state index contributed by atoms with van der Waals surface area (Å²) < 4.78 is 48.0. The van der Waals surface area contributed by atoms with Gasteiger partial charge in [-0.15, -0.1) is 0 Å². The molecule has 2 nitrogen and oxygen atoms in total. The Morgan fingerprint density at radius 1 is 0.800 bits per heavy atom. The number of halogens is 4. The second-order valence-corrected chi connectivity index (χ2v) is 1.65. The Hall–Kier alpha value is -0.360. The molecule has 0 aliphatic rings. The fourth-order valence-electron chi connectivity index (χ4n) is 0.314. The van der Waals surface area contributed by atoms with E-state index in [0.717, 1.165) is 14.1 Å². The average molecular weight is 160 g/mol. The van der Waals surface area contributed by atoms with E-state index in [-0.39, 0.29) is 0 Å². The summed E-state index contributed by atoms with van der Waals surface area (Å²) in [5.41, 5.74) is 0. The first-order valence-corrected chi connectivity index (χ1v) is 2.51. The van der Waals surface area contributed by atoms with Crippen molar-refractivity contribution in [3.05, 3.63) is 0 Å². The number of nitrogens with one attached hydrogen (secondary N) is 2. The van der Waals surface area contributed by atoms with E-state index in [1.807, 2.05) is 0 Å². The Kier molecular flexibility index (Phi) is 2.61. The molecule has 0 amide bonds. The van der Waals surface area contributed by atoms with Crippen molar-refractivity contribution in [1.82, 2.24) is 10.6 Å². The third-order valence-corrected chi connectivity index (χ3v) is 1.02. The molecule has 0 bridgehead atoms. The van der Waals surface area contributed by atoms with Gasteiger partial charge in [-0.2, -0.15) is 17.6 Å². The fourth-order valence-corrected chi connectivity index (χ4v) is 0.314. The molecule has 0 saturated heterocycles. The summed E-state index contributed by atoms with van der Waals surface area (Å²) in [5.74, 6) is 0. The summed E-state index contributed by atoms with van der Waals surface area (Å²) in [5, 5.41) is 2.37. The topological polar surface area (TPSA) is 24.1 Å². The molecule has 6 heteroatoms. The molecule has 0 radical (unpaired) electrons. The fraction of sp³-hybridized carbons (Fsp3) is 1.00. The highest BCUT2D eigenvalue weighted by Crippen LogP contribution is 2.27. The monoisotopic (exact) mass is 160 g/mol. The molecule has 0 aliphatic carbocycles. The highest BCUT2D eigenvalue weighted by Gasteiger charge is 2.54. The van der Waals surface area contributed by atoms with E-state index in [1.165, 1.54) is 10.6 Å². The zero-order valence-electron chi connectivity index (χ0n) is 5.51. The van der Waals surface area contributed by atoms with Gasteiger partial charge in [-0.1, -0.05) is 0 Å². The molecule has 0 aromatic rings. The van der Waals surface area contributed by atoms with Crippen LogP contribution in [-0.2, 0) is 0 Å². The number of rotatable bonds is 3. The molecule has 10 heavy (non-hydrogen) atoms. The minimum atomic E-state index is -4.21. The van der Waals surface area contributed by atoms with Gasteiger partial charge in [0.05, 0.1) is 0 Å². The van der Waals surface area contributed by atoms with Crippen LogP contribution in [-0.4, -0.2) is 26.2 Å². The van der Waals surface area contributed by atoms with Crippen LogP contribution in [0, 0.1) is 0 Å². The predicted octanol–water partition coefficient (Wildman–Crippen LogP) is 0.611. The SMILES string of the molecule is CNC(F)(F)C(F)(F)NC. The van der Waals surface area contributed by atoms with Crippen LogP contribution >= 0.6 is 0 Å². The van der Waals surface area contributed by atoms with Crippen molar-refractivity contribution < 1.29 is 17.6 Å². The number of hydrogen-bond acceptors (Lipinski definition) is 2. The molecular formula is C4H8F4N2. The highest BCUT2D eigenvalue weighted by atomic mass is 19.3. The Bertz CT molecular complexity index is 99.8. The summed E-state index contributed by atoms with van der Waals surface area (Å²) in [7, 11) is 1.51. The molecule has 62 valence electrons. The lowest BCUT2D eigenvalue weighted by Gasteiger charge is -2.24. The predicted molar refractivity (Wildman–Crippen MR) is 28.0 cm³/mol. The lowest BCUT2D eigenvalue weighted by molar-refractivity contribution is -0.236.